The van der Waals surface area contributed by atoms with Gasteiger partial charge in [-0.1, -0.05) is 17.7 Å². The van der Waals surface area contributed by atoms with E-state index < -0.39 is 6.23 Å². The number of amides is 1. The van der Waals surface area contributed by atoms with Crippen LogP contribution >= 0.6 is 0 Å². The summed E-state index contributed by atoms with van der Waals surface area (Å²) in [7, 11) is 0. The average Bonchev–Trinajstić information content (AvgIpc) is 2.86. The molecule has 1 aromatic rings. The van der Waals surface area contributed by atoms with Crippen molar-refractivity contribution in [3.8, 4) is 0 Å². The molecule has 1 atom stereocenters. The van der Waals surface area contributed by atoms with E-state index >= 15 is 0 Å². The van der Waals surface area contributed by atoms with Gasteiger partial charge in [-0.25, -0.2) is 4.79 Å². The summed E-state index contributed by atoms with van der Waals surface area (Å²) in [5.74, 6) is 0. The van der Waals surface area contributed by atoms with Crippen LogP contribution in [-0.4, -0.2) is 66.1 Å². The van der Waals surface area contributed by atoms with Crippen LogP contribution in [0.2, 0.25) is 0 Å². The molecule has 1 saturated heterocycles. The third kappa shape index (κ3) is 3.48. The van der Waals surface area contributed by atoms with Gasteiger partial charge in [-0.3, -0.25) is 4.90 Å². The molecule has 0 bridgehead atoms. The highest BCUT2D eigenvalue weighted by Gasteiger charge is 2.48. The van der Waals surface area contributed by atoms with E-state index in [2.05, 4.69) is 35.3 Å². The number of aliphatic hydroxyl groups is 1. The van der Waals surface area contributed by atoms with E-state index in [1.807, 2.05) is 11.8 Å². The highest BCUT2D eigenvalue weighted by Crippen LogP contribution is 2.50. The topological polar surface area (TPSA) is 65.0 Å². The molecule has 0 aromatic heterocycles. The van der Waals surface area contributed by atoms with Crippen molar-refractivity contribution in [1.82, 2.24) is 9.80 Å². The van der Waals surface area contributed by atoms with E-state index in [0.717, 1.165) is 64.0 Å². The van der Waals surface area contributed by atoms with Crippen molar-refractivity contribution in [3.05, 3.63) is 29.3 Å². The summed E-state index contributed by atoms with van der Waals surface area (Å²) in [4.78, 5) is 16.4. The van der Waals surface area contributed by atoms with Crippen LogP contribution in [0.4, 0.5) is 10.5 Å². The van der Waals surface area contributed by atoms with Crippen molar-refractivity contribution >= 4 is 11.8 Å². The average molecular weight is 388 g/mol. The second-order valence-electron chi connectivity index (χ2n) is 8.56. The maximum absolute atomic E-state index is 12.0. The van der Waals surface area contributed by atoms with Crippen LogP contribution in [0.25, 0.3) is 0 Å². The fourth-order valence-corrected chi connectivity index (χ4v) is 5.35. The monoisotopic (exact) mass is 387 g/mol. The van der Waals surface area contributed by atoms with Gasteiger partial charge in [0.25, 0.3) is 0 Å². The van der Waals surface area contributed by atoms with Gasteiger partial charge in [0.05, 0.1) is 6.61 Å². The summed E-state index contributed by atoms with van der Waals surface area (Å²) in [5.41, 5.74) is 3.49. The fraction of sp³-hybridized carbons (Fsp3) is 0.682. The van der Waals surface area contributed by atoms with Crippen LogP contribution in [0.15, 0.2) is 18.2 Å². The minimum Gasteiger partial charge on any atom is -0.450 e. The Morgan fingerprint density at radius 2 is 2.04 bits per heavy atom. The van der Waals surface area contributed by atoms with Crippen LogP contribution in [0.1, 0.15) is 50.2 Å². The maximum atomic E-state index is 12.0. The Morgan fingerprint density at radius 3 is 2.79 bits per heavy atom. The summed E-state index contributed by atoms with van der Waals surface area (Å²) in [6, 6.07) is 7.00. The number of nitrogens with zero attached hydrogens (tertiary/aromatic N) is 2. The van der Waals surface area contributed by atoms with Crippen LogP contribution in [0.5, 0.6) is 0 Å². The minimum absolute atomic E-state index is 0.152. The van der Waals surface area contributed by atoms with Crippen molar-refractivity contribution in [2.45, 2.75) is 63.6 Å². The number of carbonyl (C=O) groups is 1. The van der Waals surface area contributed by atoms with E-state index in [4.69, 9.17) is 4.74 Å². The number of hydrogen-bond donors (Lipinski definition) is 2. The molecular formula is C22H33N3O3. The number of aliphatic hydroxyl groups excluding tert-OH is 1. The number of ether oxygens (including phenoxy) is 1. The molecule has 3 aliphatic rings. The first-order chi connectivity index (χ1) is 13.5. The Labute approximate surface area is 167 Å². The molecule has 6 nitrogen and oxygen atoms in total. The van der Waals surface area contributed by atoms with Gasteiger partial charge in [0, 0.05) is 43.3 Å². The largest absolute Gasteiger partial charge is 0.450 e. The van der Waals surface area contributed by atoms with E-state index in [1.54, 1.807) is 0 Å². The molecule has 154 valence electrons. The molecule has 4 rings (SSSR count). The summed E-state index contributed by atoms with van der Waals surface area (Å²) in [5, 5.41) is 14.1. The van der Waals surface area contributed by atoms with Crippen molar-refractivity contribution in [2.24, 2.45) is 0 Å². The van der Waals surface area contributed by atoms with Gasteiger partial charge in [-0.15, -0.1) is 0 Å². The number of benzene rings is 1. The number of rotatable bonds is 2. The zero-order valence-electron chi connectivity index (χ0n) is 17.1. The van der Waals surface area contributed by atoms with Gasteiger partial charge in [0.1, 0.15) is 6.23 Å². The van der Waals surface area contributed by atoms with Gasteiger partial charge in [-0.05, 0) is 57.6 Å². The number of fused-ring (bicyclic) bond motifs is 2. The predicted octanol–water partition coefficient (Wildman–Crippen LogP) is 3.08. The molecule has 1 aliphatic carbocycles. The van der Waals surface area contributed by atoms with Crippen molar-refractivity contribution in [2.75, 3.05) is 38.1 Å². The number of nitrogens with one attached hydrogen (secondary N) is 1. The van der Waals surface area contributed by atoms with Crippen molar-refractivity contribution in [1.29, 1.82) is 0 Å². The predicted molar refractivity (Wildman–Crippen MR) is 110 cm³/mol. The highest BCUT2D eigenvalue weighted by molar-refractivity contribution is 5.67. The summed E-state index contributed by atoms with van der Waals surface area (Å²) in [6.07, 6.45) is 4.50. The molecule has 1 amide bonds. The van der Waals surface area contributed by atoms with Crippen molar-refractivity contribution < 1.29 is 14.6 Å². The van der Waals surface area contributed by atoms with Gasteiger partial charge in [-0.2, -0.15) is 0 Å². The van der Waals surface area contributed by atoms with Crippen LogP contribution in [0, 0.1) is 6.92 Å². The third-order valence-electron chi connectivity index (χ3n) is 6.95. The molecule has 2 fully saturated rings. The standard InChI is InChI=1S/C22H33N3O3/c1-3-28-21(27)25-12-4-11-24(13-14-25)17-7-9-22(10-8-17)18-15-16(2)5-6-19(18)23-20(22)26/h5-6,15,17,20,23,26H,3-4,7-14H2,1-2H3. The Kier molecular flexibility index (Phi) is 5.52. The molecule has 1 aromatic carbocycles. The van der Waals surface area contributed by atoms with E-state index in [9.17, 15) is 9.90 Å². The summed E-state index contributed by atoms with van der Waals surface area (Å²) >= 11 is 0. The van der Waals surface area contributed by atoms with Crippen LogP contribution in [0.3, 0.4) is 0 Å². The Balaban J connectivity index is 1.40. The van der Waals surface area contributed by atoms with Crippen LogP contribution in [-0.2, 0) is 10.2 Å². The first kappa shape index (κ1) is 19.5. The maximum Gasteiger partial charge on any atom is 0.409 e. The Bertz CT molecular complexity index is 715. The minimum atomic E-state index is -0.492. The van der Waals surface area contributed by atoms with Crippen LogP contribution < -0.4 is 5.32 Å². The van der Waals surface area contributed by atoms with Crippen molar-refractivity contribution in [3.63, 3.8) is 0 Å². The molecule has 2 N–H and O–H groups in total. The quantitative estimate of drug-likeness (QED) is 0.816. The smallest absolute Gasteiger partial charge is 0.409 e. The molecule has 1 unspecified atom stereocenters. The molecule has 1 spiro atoms. The van der Waals surface area contributed by atoms with E-state index in [1.165, 1.54) is 11.1 Å². The SMILES string of the molecule is CCOC(=O)N1CCCN(C2CCC3(CC2)c2cc(C)ccc2NC3O)CC1. The summed E-state index contributed by atoms with van der Waals surface area (Å²) in [6.45, 7) is 7.87. The fourth-order valence-electron chi connectivity index (χ4n) is 5.35. The molecule has 6 heteroatoms. The van der Waals surface area contributed by atoms with E-state index in [-0.39, 0.29) is 11.5 Å². The first-order valence-corrected chi connectivity index (χ1v) is 10.7. The number of carbonyl (C=O) groups excluding carboxylic acids is 1. The van der Waals surface area contributed by atoms with E-state index in [0.29, 0.717) is 12.6 Å². The lowest BCUT2D eigenvalue weighted by atomic mass is 9.68. The normalized spacial score (nSPS) is 30.6. The summed E-state index contributed by atoms with van der Waals surface area (Å²) < 4.78 is 5.17. The Hall–Kier alpha value is -1.79. The number of hydrogen-bond acceptors (Lipinski definition) is 5. The van der Waals surface area contributed by atoms with Gasteiger partial charge in [0.15, 0.2) is 0 Å². The lowest BCUT2D eigenvalue weighted by Gasteiger charge is -2.43. The van der Waals surface area contributed by atoms with Gasteiger partial charge >= 0.3 is 6.09 Å². The molecule has 2 aliphatic heterocycles. The second-order valence-corrected chi connectivity index (χ2v) is 8.56. The number of aryl methyl sites for hydroxylation is 1. The van der Waals surface area contributed by atoms with Gasteiger partial charge < -0.3 is 20.1 Å². The second kappa shape index (κ2) is 7.91. The lowest BCUT2D eigenvalue weighted by molar-refractivity contribution is 0.0531. The molecule has 2 heterocycles. The van der Waals surface area contributed by atoms with Gasteiger partial charge in [0.2, 0.25) is 0 Å². The first-order valence-electron chi connectivity index (χ1n) is 10.7. The molecule has 1 saturated carbocycles. The molecule has 0 radical (unpaired) electrons. The zero-order chi connectivity index (χ0) is 19.7. The molecule has 28 heavy (non-hydrogen) atoms. The zero-order valence-corrected chi connectivity index (χ0v) is 17.1. The molecular weight excluding hydrogens is 354 g/mol. The Morgan fingerprint density at radius 1 is 1.25 bits per heavy atom. The lowest BCUT2D eigenvalue weighted by Crippen LogP contribution is -2.48. The highest BCUT2D eigenvalue weighted by atomic mass is 16.6. The number of anilines is 1. The third-order valence-corrected chi connectivity index (χ3v) is 6.95.